The highest BCUT2D eigenvalue weighted by Gasteiger charge is 2.17. The summed E-state index contributed by atoms with van der Waals surface area (Å²) in [6.07, 6.45) is 1.43. The molecule has 0 radical (unpaired) electrons. The molecular weight excluding hydrogens is 366 g/mol. The van der Waals surface area contributed by atoms with Crippen LogP contribution in [0.5, 0.6) is 5.75 Å². The molecule has 0 aliphatic heterocycles. The smallest absolute Gasteiger partial charge is 0.274 e. The van der Waals surface area contributed by atoms with Gasteiger partial charge in [0.25, 0.3) is 11.8 Å². The summed E-state index contributed by atoms with van der Waals surface area (Å²) in [5, 5.41) is 2.81. The molecule has 0 aliphatic carbocycles. The Balaban J connectivity index is 1.79. The fourth-order valence-electron chi connectivity index (χ4n) is 2.76. The second kappa shape index (κ2) is 9.01. The minimum absolute atomic E-state index is 0.0272. The largest absolute Gasteiger partial charge is 0.489 e. The number of hydrogen-bond donors (Lipinski definition) is 1. The van der Waals surface area contributed by atoms with E-state index in [1.54, 1.807) is 25.2 Å². The quantitative estimate of drug-likeness (QED) is 0.678. The lowest BCUT2D eigenvalue weighted by molar-refractivity contribution is 0.0993. The van der Waals surface area contributed by atoms with Crippen molar-refractivity contribution >= 4 is 23.2 Å². The van der Waals surface area contributed by atoms with E-state index in [1.165, 1.54) is 17.2 Å². The van der Waals surface area contributed by atoms with Crippen molar-refractivity contribution in [3.05, 3.63) is 84.2 Å². The third-order valence-electron chi connectivity index (χ3n) is 4.19. The van der Waals surface area contributed by atoms with E-state index in [4.69, 9.17) is 4.74 Å². The van der Waals surface area contributed by atoms with Crippen molar-refractivity contribution in [3.63, 3.8) is 0 Å². The fraction of sp³-hybridized carbons (Fsp3) is 0.174. The highest BCUT2D eigenvalue weighted by atomic mass is 16.5. The predicted octanol–water partition coefficient (Wildman–Crippen LogP) is 4.40. The van der Waals surface area contributed by atoms with Gasteiger partial charge in [-0.2, -0.15) is 0 Å². The minimum atomic E-state index is -0.415. The molecule has 0 saturated heterocycles. The lowest BCUT2D eigenvalue weighted by atomic mass is 10.1. The minimum Gasteiger partial charge on any atom is -0.489 e. The third kappa shape index (κ3) is 4.99. The molecule has 29 heavy (non-hydrogen) atoms. The molecule has 0 unspecified atom stereocenters. The highest BCUT2D eigenvalue weighted by molar-refractivity contribution is 6.08. The van der Waals surface area contributed by atoms with Crippen LogP contribution in [0, 0.1) is 0 Å². The monoisotopic (exact) mass is 389 g/mol. The van der Waals surface area contributed by atoms with E-state index in [-0.39, 0.29) is 17.7 Å². The number of nitrogens with one attached hydrogen (secondary N) is 1. The van der Waals surface area contributed by atoms with Crippen LogP contribution in [0.15, 0.2) is 72.9 Å². The molecule has 2 aromatic carbocycles. The van der Waals surface area contributed by atoms with Crippen LogP contribution in [0.2, 0.25) is 0 Å². The first-order valence-corrected chi connectivity index (χ1v) is 9.32. The summed E-state index contributed by atoms with van der Waals surface area (Å²) in [7, 11) is 1.69. The Hall–Kier alpha value is -3.67. The summed E-state index contributed by atoms with van der Waals surface area (Å²) in [6.45, 7) is 3.83. The van der Waals surface area contributed by atoms with Crippen LogP contribution in [0.4, 0.5) is 11.4 Å². The molecule has 1 N–H and O–H groups in total. The molecule has 1 heterocycles. The summed E-state index contributed by atoms with van der Waals surface area (Å²) in [6, 6.07) is 19.6. The summed E-state index contributed by atoms with van der Waals surface area (Å²) < 4.78 is 5.73. The normalized spacial score (nSPS) is 10.5. The number of anilines is 2. The Morgan fingerprint density at radius 1 is 1.00 bits per heavy atom. The lowest BCUT2D eigenvalue weighted by Gasteiger charge is -2.17. The van der Waals surface area contributed by atoms with Crippen LogP contribution < -0.4 is 15.0 Å². The van der Waals surface area contributed by atoms with E-state index >= 15 is 0 Å². The van der Waals surface area contributed by atoms with Gasteiger partial charge in [-0.25, -0.2) is 0 Å². The van der Waals surface area contributed by atoms with Crippen molar-refractivity contribution in [2.24, 2.45) is 0 Å². The van der Waals surface area contributed by atoms with Crippen LogP contribution in [-0.4, -0.2) is 29.9 Å². The van der Waals surface area contributed by atoms with Crippen LogP contribution in [0.3, 0.4) is 0 Å². The van der Waals surface area contributed by atoms with Gasteiger partial charge < -0.3 is 15.0 Å². The van der Waals surface area contributed by atoms with Gasteiger partial charge in [0.1, 0.15) is 11.4 Å². The second-order valence-electron chi connectivity index (χ2n) is 6.75. The Labute approximate surface area is 170 Å². The van der Waals surface area contributed by atoms with Gasteiger partial charge >= 0.3 is 0 Å². The maximum Gasteiger partial charge on any atom is 0.274 e. The Kier molecular flexibility index (Phi) is 6.24. The van der Waals surface area contributed by atoms with Crippen molar-refractivity contribution in [3.8, 4) is 5.75 Å². The molecule has 0 saturated carbocycles. The van der Waals surface area contributed by atoms with Crippen LogP contribution >= 0.6 is 0 Å². The molecule has 3 aromatic rings. The molecule has 3 rings (SSSR count). The number of rotatable bonds is 6. The van der Waals surface area contributed by atoms with Crippen molar-refractivity contribution < 1.29 is 14.3 Å². The van der Waals surface area contributed by atoms with E-state index in [0.717, 1.165) is 5.69 Å². The zero-order chi connectivity index (χ0) is 20.8. The molecule has 0 aliphatic rings. The van der Waals surface area contributed by atoms with E-state index < -0.39 is 5.91 Å². The summed E-state index contributed by atoms with van der Waals surface area (Å²) in [5.74, 6) is -0.0649. The number of carbonyl (C=O) groups is 2. The van der Waals surface area contributed by atoms with Crippen LogP contribution in [-0.2, 0) is 0 Å². The molecule has 0 spiro atoms. The maximum absolute atomic E-state index is 12.8. The Bertz CT molecular complexity index is 1000. The van der Waals surface area contributed by atoms with E-state index in [0.29, 0.717) is 17.0 Å². The van der Waals surface area contributed by atoms with E-state index in [9.17, 15) is 9.59 Å². The van der Waals surface area contributed by atoms with Crippen molar-refractivity contribution in [2.75, 3.05) is 17.3 Å². The molecule has 0 bridgehead atoms. The van der Waals surface area contributed by atoms with Crippen molar-refractivity contribution in [2.45, 2.75) is 20.0 Å². The van der Waals surface area contributed by atoms with Gasteiger partial charge in [0.2, 0.25) is 0 Å². The number of para-hydroxylation sites is 3. The van der Waals surface area contributed by atoms with Gasteiger partial charge in [-0.3, -0.25) is 14.6 Å². The van der Waals surface area contributed by atoms with Gasteiger partial charge in [-0.1, -0.05) is 30.3 Å². The van der Waals surface area contributed by atoms with Crippen molar-refractivity contribution in [1.29, 1.82) is 0 Å². The first-order valence-electron chi connectivity index (χ1n) is 9.32. The molecule has 2 amide bonds. The summed E-state index contributed by atoms with van der Waals surface area (Å²) in [5.41, 5.74) is 1.84. The topological polar surface area (TPSA) is 71.5 Å². The van der Waals surface area contributed by atoms with Crippen LogP contribution in [0.1, 0.15) is 34.7 Å². The first-order chi connectivity index (χ1) is 14.0. The molecule has 0 fully saturated rings. The van der Waals surface area contributed by atoms with Crippen LogP contribution in [0.25, 0.3) is 0 Å². The number of aromatic nitrogens is 1. The van der Waals surface area contributed by atoms with E-state index in [2.05, 4.69) is 10.3 Å². The summed E-state index contributed by atoms with van der Waals surface area (Å²) >= 11 is 0. The number of amides is 2. The number of benzene rings is 2. The first kappa shape index (κ1) is 20.1. The second-order valence-corrected chi connectivity index (χ2v) is 6.75. The molecular formula is C23H23N3O3. The van der Waals surface area contributed by atoms with Gasteiger partial charge in [-0.15, -0.1) is 0 Å². The van der Waals surface area contributed by atoms with E-state index in [1.807, 2.05) is 56.3 Å². The molecule has 6 nitrogen and oxygen atoms in total. The maximum atomic E-state index is 12.8. The van der Waals surface area contributed by atoms with Gasteiger partial charge in [0, 0.05) is 24.5 Å². The average Bonchev–Trinajstić information content (AvgIpc) is 2.74. The number of carbonyl (C=O) groups excluding carboxylic acids is 2. The lowest BCUT2D eigenvalue weighted by Crippen LogP contribution is -2.26. The standard InChI is InChI=1S/C23H23N3O3/c1-16(2)29-21-12-8-7-11-19(21)25-22(27)20-15-17(13-14-24-20)23(28)26(3)18-9-5-4-6-10-18/h4-16H,1-3H3,(H,25,27). The number of nitrogens with zero attached hydrogens (tertiary/aromatic N) is 2. The predicted molar refractivity (Wildman–Crippen MR) is 114 cm³/mol. The van der Waals surface area contributed by atoms with Gasteiger partial charge in [0.15, 0.2) is 0 Å². The number of ether oxygens (including phenoxy) is 1. The summed E-state index contributed by atoms with van der Waals surface area (Å²) in [4.78, 5) is 31.2. The Morgan fingerprint density at radius 2 is 1.69 bits per heavy atom. The average molecular weight is 389 g/mol. The fourth-order valence-corrected chi connectivity index (χ4v) is 2.76. The third-order valence-corrected chi connectivity index (χ3v) is 4.19. The number of hydrogen-bond acceptors (Lipinski definition) is 4. The number of pyridine rings is 1. The molecule has 1 aromatic heterocycles. The zero-order valence-electron chi connectivity index (χ0n) is 16.6. The van der Waals surface area contributed by atoms with Gasteiger partial charge in [0.05, 0.1) is 11.8 Å². The SMILES string of the molecule is CC(C)Oc1ccccc1NC(=O)c1cc(C(=O)N(C)c2ccccc2)ccn1. The molecule has 0 atom stereocenters. The molecule has 6 heteroatoms. The highest BCUT2D eigenvalue weighted by Crippen LogP contribution is 2.25. The Morgan fingerprint density at radius 3 is 2.41 bits per heavy atom. The zero-order valence-corrected chi connectivity index (χ0v) is 16.6. The van der Waals surface area contributed by atoms with Gasteiger partial charge in [-0.05, 0) is 50.2 Å². The molecule has 148 valence electrons. The van der Waals surface area contributed by atoms with Crippen molar-refractivity contribution in [1.82, 2.24) is 4.98 Å².